The van der Waals surface area contributed by atoms with Gasteiger partial charge in [0.2, 0.25) is 0 Å². The van der Waals surface area contributed by atoms with Crippen LogP contribution in [0.15, 0.2) is 48.5 Å². The lowest BCUT2D eigenvalue weighted by Crippen LogP contribution is -2.29. The fraction of sp³-hybridized carbons (Fsp3) is 0. The molecule has 0 spiro atoms. The van der Waals surface area contributed by atoms with Crippen molar-refractivity contribution in [1.82, 2.24) is 0 Å². The molecule has 2 amide bonds. The van der Waals surface area contributed by atoms with Crippen molar-refractivity contribution >= 4 is 29.2 Å². The summed E-state index contributed by atoms with van der Waals surface area (Å²) in [4.78, 5) is 34.1. The lowest BCUT2D eigenvalue weighted by Gasteiger charge is -2.09. The van der Waals surface area contributed by atoms with Crippen molar-refractivity contribution in [1.29, 1.82) is 0 Å². The highest BCUT2D eigenvalue weighted by Crippen LogP contribution is 2.13. The van der Waals surface area contributed by atoms with Gasteiger partial charge in [-0.25, -0.2) is 4.79 Å². The second kappa shape index (κ2) is 6.40. The predicted molar refractivity (Wildman–Crippen MR) is 76.5 cm³/mol. The molecule has 7 nitrogen and oxygen atoms in total. The zero-order chi connectivity index (χ0) is 16.1. The molecule has 2 aromatic rings. The molecule has 2 aromatic carbocycles. The van der Waals surface area contributed by atoms with E-state index in [0.717, 1.165) is 0 Å². The predicted octanol–water partition coefficient (Wildman–Crippen LogP) is 1.04. The Morgan fingerprint density at radius 1 is 0.864 bits per heavy atom. The minimum absolute atomic E-state index is 0.0645. The maximum absolute atomic E-state index is 11.7. The van der Waals surface area contributed by atoms with Crippen LogP contribution < -0.4 is 15.7 Å². The van der Waals surface area contributed by atoms with Crippen LogP contribution in [0.1, 0.15) is 10.4 Å². The van der Waals surface area contributed by atoms with E-state index < -0.39 is 17.8 Å². The average molecular weight is 299 g/mol. The van der Waals surface area contributed by atoms with E-state index in [0.29, 0.717) is 0 Å². The molecule has 0 saturated heterocycles. The maximum atomic E-state index is 11.7. The first-order chi connectivity index (χ1) is 10.5. The Morgan fingerprint density at radius 2 is 1.45 bits per heavy atom. The number of hydrogen-bond donors (Lipinski definition) is 3. The van der Waals surface area contributed by atoms with Gasteiger partial charge in [-0.15, -0.1) is 5.75 Å². The zero-order valence-electron chi connectivity index (χ0n) is 11.2. The molecular weight excluding hydrogens is 288 g/mol. The third-order valence-electron chi connectivity index (χ3n) is 2.69. The van der Waals surface area contributed by atoms with E-state index in [9.17, 15) is 19.5 Å². The number of anilines is 2. The van der Waals surface area contributed by atoms with Crippen molar-refractivity contribution in [3.05, 3.63) is 54.1 Å². The molecule has 0 aliphatic rings. The fourth-order valence-corrected chi connectivity index (χ4v) is 1.65. The Balaban J connectivity index is 1.99. The minimum atomic E-state index is -1.09. The van der Waals surface area contributed by atoms with Crippen LogP contribution in [0.2, 0.25) is 0 Å². The molecule has 0 unspecified atom stereocenters. The van der Waals surface area contributed by atoms with E-state index in [4.69, 9.17) is 5.11 Å². The number of benzene rings is 2. The number of rotatable bonds is 3. The highest BCUT2D eigenvalue weighted by molar-refractivity contribution is 6.43. The molecule has 0 aliphatic heterocycles. The van der Waals surface area contributed by atoms with E-state index in [2.05, 4.69) is 10.6 Å². The largest absolute Gasteiger partial charge is 0.872 e. The van der Waals surface area contributed by atoms with Crippen LogP contribution in [0.25, 0.3) is 0 Å². The summed E-state index contributed by atoms with van der Waals surface area (Å²) >= 11 is 0. The molecule has 0 aromatic heterocycles. The zero-order valence-corrected chi connectivity index (χ0v) is 11.2. The molecule has 0 aliphatic carbocycles. The van der Waals surface area contributed by atoms with Crippen molar-refractivity contribution in [3.8, 4) is 5.75 Å². The molecule has 3 N–H and O–H groups in total. The lowest BCUT2D eigenvalue weighted by molar-refractivity contribution is -0.268. The topological polar surface area (TPSA) is 119 Å². The molecule has 0 saturated carbocycles. The first-order valence-corrected chi connectivity index (χ1v) is 6.18. The van der Waals surface area contributed by atoms with Crippen molar-refractivity contribution < 1.29 is 24.6 Å². The Labute approximate surface area is 125 Å². The molecular formula is C15H11N2O5-. The molecule has 0 radical (unpaired) electrons. The SMILES string of the molecule is O=C(Nc1ccc(C(=O)O)cc1)C(=O)Nc1cccc([O-])c1. The standard InChI is InChI=1S/C15H12N2O5/c18-12-3-1-2-11(8-12)17-14(20)13(19)16-10-6-4-9(5-7-10)15(21)22/h1-8,18H,(H,16,19)(H,17,20)(H,21,22)/p-1. The van der Waals surface area contributed by atoms with Gasteiger partial charge in [0.15, 0.2) is 0 Å². The lowest BCUT2D eigenvalue weighted by atomic mass is 10.2. The van der Waals surface area contributed by atoms with E-state index in [1.54, 1.807) is 0 Å². The van der Waals surface area contributed by atoms with Crippen LogP contribution in [-0.4, -0.2) is 22.9 Å². The summed E-state index contributed by atoms with van der Waals surface area (Å²) in [5.74, 6) is -3.25. The van der Waals surface area contributed by atoms with Crippen LogP contribution in [0.5, 0.6) is 5.75 Å². The van der Waals surface area contributed by atoms with Crippen LogP contribution in [0, 0.1) is 0 Å². The molecule has 0 heterocycles. The monoisotopic (exact) mass is 299 g/mol. The smallest absolute Gasteiger partial charge is 0.335 e. The summed E-state index contributed by atoms with van der Waals surface area (Å²) in [5, 5.41) is 24.5. The molecule has 112 valence electrons. The molecule has 2 rings (SSSR count). The summed E-state index contributed by atoms with van der Waals surface area (Å²) in [6.45, 7) is 0. The van der Waals surface area contributed by atoms with Crippen LogP contribution in [0.4, 0.5) is 11.4 Å². The highest BCUT2D eigenvalue weighted by atomic mass is 16.4. The molecule has 0 atom stereocenters. The third-order valence-corrected chi connectivity index (χ3v) is 2.69. The fourth-order valence-electron chi connectivity index (χ4n) is 1.65. The van der Waals surface area contributed by atoms with Crippen molar-refractivity contribution in [3.63, 3.8) is 0 Å². The highest BCUT2D eigenvalue weighted by Gasteiger charge is 2.14. The van der Waals surface area contributed by atoms with Crippen molar-refractivity contribution in [2.24, 2.45) is 0 Å². The minimum Gasteiger partial charge on any atom is -0.872 e. The summed E-state index contributed by atoms with van der Waals surface area (Å²) < 4.78 is 0. The Kier molecular flexibility index (Phi) is 4.38. The summed E-state index contributed by atoms with van der Waals surface area (Å²) in [5.41, 5.74) is 0.561. The van der Waals surface area contributed by atoms with Crippen molar-refractivity contribution in [2.45, 2.75) is 0 Å². The van der Waals surface area contributed by atoms with Gasteiger partial charge in [0.1, 0.15) is 0 Å². The summed E-state index contributed by atoms with van der Waals surface area (Å²) in [7, 11) is 0. The van der Waals surface area contributed by atoms with Gasteiger partial charge >= 0.3 is 17.8 Å². The van der Waals surface area contributed by atoms with Crippen LogP contribution in [0.3, 0.4) is 0 Å². The van der Waals surface area contributed by atoms with Gasteiger partial charge in [-0.3, -0.25) is 9.59 Å². The van der Waals surface area contributed by atoms with Gasteiger partial charge in [-0.05, 0) is 36.4 Å². The van der Waals surface area contributed by atoms with Gasteiger partial charge in [0.25, 0.3) is 0 Å². The summed E-state index contributed by atoms with van der Waals surface area (Å²) in [6, 6.07) is 10.8. The molecule has 7 heteroatoms. The number of amides is 2. The van der Waals surface area contributed by atoms with Gasteiger partial charge in [-0.2, -0.15) is 0 Å². The molecule has 22 heavy (non-hydrogen) atoms. The van der Waals surface area contributed by atoms with E-state index in [1.807, 2.05) is 0 Å². The number of aromatic carboxylic acids is 1. The summed E-state index contributed by atoms with van der Waals surface area (Å²) in [6.07, 6.45) is 0. The Morgan fingerprint density at radius 3 is 2.00 bits per heavy atom. The Bertz CT molecular complexity index is 725. The van der Waals surface area contributed by atoms with Crippen LogP contribution in [-0.2, 0) is 9.59 Å². The normalized spacial score (nSPS) is 9.82. The van der Waals surface area contributed by atoms with Gasteiger partial charge in [0, 0.05) is 11.4 Å². The number of hydrogen-bond acceptors (Lipinski definition) is 4. The van der Waals surface area contributed by atoms with Gasteiger partial charge in [0.05, 0.1) is 5.56 Å². The average Bonchev–Trinajstić information content (AvgIpc) is 2.47. The van der Waals surface area contributed by atoms with E-state index in [-0.39, 0.29) is 22.7 Å². The molecule has 0 fully saturated rings. The third kappa shape index (κ3) is 3.83. The van der Waals surface area contributed by atoms with E-state index >= 15 is 0 Å². The second-order valence-corrected chi connectivity index (χ2v) is 4.32. The van der Waals surface area contributed by atoms with Gasteiger partial charge < -0.3 is 20.8 Å². The quantitative estimate of drug-likeness (QED) is 0.731. The number of carboxylic acid groups (broad SMARTS) is 1. The second-order valence-electron chi connectivity index (χ2n) is 4.32. The number of carbonyl (C=O) groups is 3. The first-order valence-electron chi connectivity index (χ1n) is 6.18. The van der Waals surface area contributed by atoms with E-state index in [1.165, 1.54) is 48.5 Å². The van der Waals surface area contributed by atoms with Gasteiger partial charge in [-0.1, -0.05) is 12.1 Å². The van der Waals surface area contributed by atoms with Crippen molar-refractivity contribution in [2.75, 3.05) is 10.6 Å². The Hall–Kier alpha value is -3.35. The molecule has 0 bridgehead atoms. The number of carbonyl (C=O) groups excluding carboxylic acids is 2. The first kappa shape index (κ1) is 15.0. The maximum Gasteiger partial charge on any atom is 0.335 e. The number of nitrogens with one attached hydrogen (secondary N) is 2. The van der Waals surface area contributed by atoms with Crippen LogP contribution >= 0.6 is 0 Å². The number of carboxylic acids is 1.